The SMILES string of the molecule is CCNC(=O)C(CC)N(Cc1ccccc1Cl)C(=O)CN(c1ccc(C)cc1)S(=O)(=O)c1ccc(SC)cc1. The molecule has 1 unspecified atom stereocenters. The number of hydrogen-bond acceptors (Lipinski definition) is 5. The third-order valence-corrected chi connectivity index (χ3v) is 9.18. The number of sulfonamides is 1. The van der Waals surface area contributed by atoms with Crippen molar-refractivity contribution < 1.29 is 18.0 Å². The number of carbonyl (C=O) groups excluding carboxylic acids is 2. The molecule has 1 atom stereocenters. The lowest BCUT2D eigenvalue weighted by atomic mass is 10.1. The van der Waals surface area contributed by atoms with Crippen molar-refractivity contribution in [2.45, 2.75) is 49.6 Å². The smallest absolute Gasteiger partial charge is 0.264 e. The first-order chi connectivity index (χ1) is 18.6. The molecule has 0 spiro atoms. The number of aryl methyl sites for hydroxylation is 1. The molecule has 0 aliphatic heterocycles. The summed E-state index contributed by atoms with van der Waals surface area (Å²) in [6.07, 6.45) is 2.25. The summed E-state index contributed by atoms with van der Waals surface area (Å²) in [7, 11) is -4.11. The maximum Gasteiger partial charge on any atom is 0.264 e. The van der Waals surface area contributed by atoms with Crippen molar-refractivity contribution in [2.24, 2.45) is 0 Å². The normalized spacial score (nSPS) is 12.0. The van der Waals surface area contributed by atoms with E-state index >= 15 is 0 Å². The van der Waals surface area contributed by atoms with Gasteiger partial charge in [0.1, 0.15) is 12.6 Å². The van der Waals surface area contributed by atoms with Crippen molar-refractivity contribution in [3.8, 4) is 0 Å². The highest BCUT2D eigenvalue weighted by atomic mass is 35.5. The fourth-order valence-electron chi connectivity index (χ4n) is 4.14. The van der Waals surface area contributed by atoms with E-state index in [1.54, 1.807) is 67.6 Å². The Labute approximate surface area is 240 Å². The minimum Gasteiger partial charge on any atom is -0.355 e. The third kappa shape index (κ3) is 7.56. The number of thioether (sulfide) groups is 1. The largest absolute Gasteiger partial charge is 0.355 e. The number of nitrogens with one attached hydrogen (secondary N) is 1. The number of amides is 2. The number of anilines is 1. The van der Waals surface area contributed by atoms with E-state index in [4.69, 9.17) is 11.6 Å². The number of hydrogen-bond donors (Lipinski definition) is 1. The third-order valence-electron chi connectivity index (χ3n) is 6.28. The second-order valence-corrected chi connectivity index (χ2v) is 12.1. The number of benzene rings is 3. The van der Waals surface area contributed by atoms with E-state index in [9.17, 15) is 18.0 Å². The Hall–Kier alpha value is -3.01. The average molecular weight is 588 g/mol. The molecule has 0 saturated heterocycles. The lowest BCUT2D eigenvalue weighted by Gasteiger charge is -2.33. The van der Waals surface area contributed by atoms with Crippen molar-refractivity contribution >= 4 is 50.9 Å². The highest BCUT2D eigenvalue weighted by Gasteiger charge is 2.33. The molecular weight excluding hydrogens is 554 g/mol. The van der Waals surface area contributed by atoms with Crippen molar-refractivity contribution in [3.63, 3.8) is 0 Å². The van der Waals surface area contributed by atoms with Crippen molar-refractivity contribution in [2.75, 3.05) is 23.7 Å². The lowest BCUT2D eigenvalue weighted by molar-refractivity contribution is -0.140. The van der Waals surface area contributed by atoms with Gasteiger partial charge in [-0.1, -0.05) is 54.4 Å². The first-order valence-electron chi connectivity index (χ1n) is 12.7. The second kappa shape index (κ2) is 13.9. The maximum absolute atomic E-state index is 14.0. The minimum atomic E-state index is -4.11. The molecule has 39 heavy (non-hydrogen) atoms. The van der Waals surface area contributed by atoms with Gasteiger partial charge in [0.05, 0.1) is 10.6 Å². The molecule has 3 aromatic carbocycles. The molecule has 0 bridgehead atoms. The van der Waals surface area contributed by atoms with E-state index in [1.807, 2.05) is 20.1 Å². The van der Waals surface area contributed by atoms with Crippen LogP contribution in [0.3, 0.4) is 0 Å². The zero-order chi connectivity index (χ0) is 28.6. The average Bonchev–Trinajstić information content (AvgIpc) is 2.93. The molecule has 3 rings (SSSR count). The molecule has 0 fully saturated rings. The molecule has 0 aromatic heterocycles. The summed E-state index contributed by atoms with van der Waals surface area (Å²) >= 11 is 7.91. The zero-order valence-corrected chi connectivity index (χ0v) is 24.9. The molecule has 2 amide bonds. The summed E-state index contributed by atoms with van der Waals surface area (Å²) in [5.41, 5.74) is 1.97. The van der Waals surface area contributed by atoms with Crippen molar-refractivity contribution in [3.05, 3.63) is 88.9 Å². The van der Waals surface area contributed by atoms with Gasteiger partial charge in [-0.3, -0.25) is 13.9 Å². The molecule has 1 N–H and O–H groups in total. The molecule has 208 valence electrons. The van der Waals surface area contributed by atoms with Gasteiger partial charge < -0.3 is 10.2 Å². The molecule has 0 aliphatic carbocycles. The van der Waals surface area contributed by atoms with E-state index in [2.05, 4.69) is 5.32 Å². The molecule has 10 heteroatoms. The van der Waals surface area contributed by atoms with Gasteiger partial charge in [0.15, 0.2) is 0 Å². The van der Waals surface area contributed by atoms with E-state index < -0.39 is 28.5 Å². The van der Waals surface area contributed by atoms with Gasteiger partial charge in [-0.05, 0) is 74.6 Å². The van der Waals surface area contributed by atoms with Crippen LogP contribution in [0.1, 0.15) is 31.4 Å². The standard InChI is InChI=1S/C29H34ClN3O4S2/c1-5-27(29(35)31-6-2)32(19-22-9-7-8-10-26(22)30)28(34)20-33(23-13-11-21(3)12-14-23)39(36,37)25-17-15-24(38-4)16-18-25/h7-18,27H,5-6,19-20H2,1-4H3,(H,31,35). The fourth-order valence-corrected chi connectivity index (χ4v) is 6.15. The Morgan fingerprint density at radius 1 is 0.974 bits per heavy atom. The van der Waals surface area contributed by atoms with Crippen LogP contribution in [-0.2, 0) is 26.2 Å². The first kappa shape index (κ1) is 30.5. The number of rotatable bonds is 12. The van der Waals surface area contributed by atoms with Crippen molar-refractivity contribution in [1.82, 2.24) is 10.2 Å². The predicted molar refractivity (Wildman–Crippen MR) is 159 cm³/mol. The summed E-state index contributed by atoms with van der Waals surface area (Å²) in [6, 6.07) is 19.8. The van der Waals surface area contributed by atoms with Crippen LogP contribution in [0, 0.1) is 6.92 Å². The summed E-state index contributed by atoms with van der Waals surface area (Å²) < 4.78 is 28.9. The molecular formula is C29H34ClN3O4S2. The van der Waals surface area contributed by atoms with Gasteiger partial charge in [-0.15, -0.1) is 11.8 Å². The Bertz CT molecular complexity index is 1380. The second-order valence-electron chi connectivity index (χ2n) is 8.95. The monoisotopic (exact) mass is 587 g/mol. The van der Waals surface area contributed by atoms with Gasteiger partial charge in [0.25, 0.3) is 10.0 Å². The molecule has 0 saturated carbocycles. The van der Waals surface area contributed by atoms with Crippen LogP contribution < -0.4 is 9.62 Å². The molecule has 7 nitrogen and oxygen atoms in total. The Kier molecular flexibility index (Phi) is 10.9. The van der Waals surface area contributed by atoms with E-state index in [0.29, 0.717) is 29.2 Å². The quantitative estimate of drug-likeness (QED) is 0.282. The van der Waals surface area contributed by atoms with Gasteiger partial charge in [-0.25, -0.2) is 8.42 Å². The minimum absolute atomic E-state index is 0.0539. The zero-order valence-electron chi connectivity index (χ0n) is 22.6. The summed E-state index contributed by atoms with van der Waals surface area (Å²) in [5.74, 6) is -0.823. The highest BCUT2D eigenvalue weighted by Crippen LogP contribution is 2.27. The number of likely N-dealkylation sites (N-methyl/N-ethyl adjacent to an activating group) is 1. The highest BCUT2D eigenvalue weighted by molar-refractivity contribution is 7.98. The Morgan fingerprint density at radius 3 is 2.18 bits per heavy atom. The summed E-state index contributed by atoms with van der Waals surface area (Å²) in [5, 5.41) is 3.25. The van der Waals surface area contributed by atoms with Crippen LogP contribution in [0.2, 0.25) is 5.02 Å². The van der Waals surface area contributed by atoms with Crippen LogP contribution in [0.25, 0.3) is 0 Å². The van der Waals surface area contributed by atoms with Crippen LogP contribution in [0.15, 0.2) is 82.6 Å². The summed E-state index contributed by atoms with van der Waals surface area (Å²) in [6.45, 7) is 5.49. The van der Waals surface area contributed by atoms with Gasteiger partial charge in [-0.2, -0.15) is 0 Å². The number of halogens is 1. The van der Waals surface area contributed by atoms with Crippen LogP contribution in [0.4, 0.5) is 5.69 Å². The Morgan fingerprint density at radius 2 is 1.62 bits per heavy atom. The van der Waals surface area contributed by atoms with E-state index in [0.717, 1.165) is 14.8 Å². The van der Waals surface area contributed by atoms with Gasteiger partial charge in [0, 0.05) is 23.0 Å². The van der Waals surface area contributed by atoms with E-state index in [-0.39, 0.29) is 17.3 Å². The Balaban J connectivity index is 2.06. The number of carbonyl (C=O) groups is 2. The van der Waals surface area contributed by atoms with Gasteiger partial charge >= 0.3 is 0 Å². The van der Waals surface area contributed by atoms with Crippen LogP contribution in [-0.4, -0.2) is 50.5 Å². The molecule has 0 radical (unpaired) electrons. The lowest BCUT2D eigenvalue weighted by Crippen LogP contribution is -2.52. The predicted octanol–water partition coefficient (Wildman–Crippen LogP) is 5.51. The molecule has 3 aromatic rings. The first-order valence-corrected chi connectivity index (χ1v) is 15.7. The maximum atomic E-state index is 14.0. The van der Waals surface area contributed by atoms with Gasteiger partial charge in [0.2, 0.25) is 11.8 Å². The molecule has 0 aliphatic rings. The van der Waals surface area contributed by atoms with Crippen LogP contribution >= 0.6 is 23.4 Å². The number of nitrogens with zero attached hydrogens (tertiary/aromatic N) is 2. The summed E-state index contributed by atoms with van der Waals surface area (Å²) in [4.78, 5) is 29.4. The van der Waals surface area contributed by atoms with Crippen molar-refractivity contribution in [1.29, 1.82) is 0 Å². The topological polar surface area (TPSA) is 86.8 Å². The van der Waals surface area contributed by atoms with Crippen LogP contribution in [0.5, 0.6) is 0 Å². The van der Waals surface area contributed by atoms with E-state index in [1.165, 1.54) is 28.8 Å². The fraction of sp³-hybridized carbons (Fsp3) is 0.310. The molecule has 0 heterocycles.